The molecule has 0 saturated carbocycles. The van der Waals surface area contributed by atoms with Crippen LogP contribution in [0.3, 0.4) is 0 Å². The van der Waals surface area contributed by atoms with Crippen LogP contribution in [-0.2, 0) is 10.1 Å². The molecule has 388 valence electrons. The summed E-state index contributed by atoms with van der Waals surface area (Å²) < 4.78 is 48.7. The standard InChI is InChI=1S/C63H90N2O5S/c1-5-9-13-15-17-19-21-23-25-29-51-69-59-45-41-57(42-46-59)64(49-11-7-3)55-37-33-53(34-38-55)63(61-31-27-28-32-62(61)71(66,67)68)54-35-39-56(40-36-54)65(50-12-8-4)58-43-47-60(48-44-58)70-52-30-26-24-22-20-18-16-14-10-6-2/h27-28,31-48,63H,5-26,29-30,49-52H2,1-4H3,(H,66,67,68). The van der Waals surface area contributed by atoms with Gasteiger partial charge in [-0.05, 0) is 121 Å². The summed E-state index contributed by atoms with van der Waals surface area (Å²) in [5.41, 5.74) is 6.70. The molecule has 0 saturated heterocycles. The van der Waals surface area contributed by atoms with Crippen LogP contribution < -0.4 is 19.3 Å². The van der Waals surface area contributed by atoms with Crippen molar-refractivity contribution in [2.45, 2.75) is 193 Å². The fraction of sp³-hybridized carbons (Fsp3) is 0.524. The zero-order valence-electron chi connectivity index (χ0n) is 44.3. The molecular weight excluding hydrogens is 897 g/mol. The van der Waals surface area contributed by atoms with Crippen molar-refractivity contribution in [3.05, 3.63) is 138 Å². The van der Waals surface area contributed by atoms with Crippen LogP contribution in [0.5, 0.6) is 11.5 Å². The van der Waals surface area contributed by atoms with Crippen molar-refractivity contribution in [1.29, 1.82) is 0 Å². The summed E-state index contributed by atoms with van der Waals surface area (Å²) in [4.78, 5) is 4.60. The third kappa shape index (κ3) is 20.0. The van der Waals surface area contributed by atoms with Crippen molar-refractivity contribution in [3.8, 4) is 11.5 Å². The second kappa shape index (κ2) is 33.0. The number of ether oxygens (including phenoxy) is 2. The molecule has 0 aliphatic carbocycles. The van der Waals surface area contributed by atoms with Gasteiger partial charge in [0.25, 0.3) is 10.1 Å². The first kappa shape index (κ1) is 57.1. The Morgan fingerprint density at radius 2 is 0.704 bits per heavy atom. The molecule has 71 heavy (non-hydrogen) atoms. The van der Waals surface area contributed by atoms with E-state index in [1.54, 1.807) is 6.07 Å². The van der Waals surface area contributed by atoms with Crippen LogP contribution in [0.1, 0.15) is 204 Å². The van der Waals surface area contributed by atoms with E-state index in [1.807, 2.05) is 12.1 Å². The molecule has 0 fully saturated rings. The van der Waals surface area contributed by atoms with Gasteiger partial charge in [-0.2, -0.15) is 8.42 Å². The Morgan fingerprint density at radius 3 is 1.04 bits per heavy atom. The van der Waals surface area contributed by atoms with Crippen molar-refractivity contribution in [3.63, 3.8) is 0 Å². The Bertz CT molecular complexity index is 2140. The maximum atomic E-state index is 12.9. The second-order valence-electron chi connectivity index (χ2n) is 19.7. The summed E-state index contributed by atoms with van der Waals surface area (Å²) in [5.74, 6) is 1.34. The fourth-order valence-electron chi connectivity index (χ4n) is 9.65. The molecule has 0 atom stereocenters. The lowest BCUT2D eigenvalue weighted by Crippen LogP contribution is -2.19. The highest BCUT2D eigenvalue weighted by atomic mass is 32.2. The summed E-state index contributed by atoms with van der Waals surface area (Å²) in [7, 11) is -4.51. The molecule has 0 unspecified atom stereocenters. The summed E-state index contributed by atoms with van der Waals surface area (Å²) in [5, 5.41) is 0. The number of rotatable bonds is 38. The molecule has 0 aromatic heterocycles. The SMILES string of the molecule is CCCCCCCCCCCCOc1ccc(N(CCCC)c2ccc(C(c3ccc(N(CCCC)c4ccc(OCCCCCCCCCCCC)cc4)cc3)c3ccccc3S(=O)(=O)O)cc2)cc1. The van der Waals surface area contributed by atoms with E-state index < -0.39 is 16.0 Å². The molecule has 0 bridgehead atoms. The molecular formula is C63H90N2O5S. The fourth-order valence-corrected chi connectivity index (χ4v) is 10.4. The molecule has 0 amide bonds. The first-order valence-corrected chi connectivity index (χ1v) is 29.5. The number of hydrogen-bond donors (Lipinski definition) is 1. The predicted molar refractivity (Wildman–Crippen MR) is 301 cm³/mol. The zero-order chi connectivity index (χ0) is 50.4. The van der Waals surface area contributed by atoms with Crippen LogP contribution in [0.2, 0.25) is 0 Å². The third-order valence-corrected chi connectivity index (χ3v) is 14.8. The van der Waals surface area contributed by atoms with Crippen LogP contribution in [0.4, 0.5) is 22.7 Å². The number of anilines is 4. The lowest BCUT2D eigenvalue weighted by atomic mass is 9.85. The number of benzene rings is 5. The number of nitrogens with zero attached hydrogens (tertiary/aromatic N) is 2. The van der Waals surface area contributed by atoms with Gasteiger partial charge < -0.3 is 19.3 Å². The minimum Gasteiger partial charge on any atom is -0.494 e. The van der Waals surface area contributed by atoms with Crippen molar-refractivity contribution in [1.82, 2.24) is 0 Å². The normalized spacial score (nSPS) is 11.6. The maximum absolute atomic E-state index is 12.9. The largest absolute Gasteiger partial charge is 0.494 e. The Hall–Kier alpha value is -4.79. The highest BCUT2D eigenvalue weighted by molar-refractivity contribution is 7.85. The van der Waals surface area contributed by atoms with Crippen molar-refractivity contribution >= 4 is 32.9 Å². The van der Waals surface area contributed by atoms with Crippen LogP contribution in [0.25, 0.3) is 0 Å². The van der Waals surface area contributed by atoms with Crippen LogP contribution in [0.15, 0.2) is 126 Å². The van der Waals surface area contributed by atoms with E-state index in [1.165, 1.54) is 122 Å². The average Bonchev–Trinajstić information content (AvgIpc) is 3.39. The van der Waals surface area contributed by atoms with Crippen LogP contribution >= 0.6 is 0 Å². The van der Waals surface area contributed by atoms with Gasteiger partial charge in [0.1, 0.15) is 11.5 Å². The van der Waals surface area contributed by atoms with Gasteiger partial charge in [-0.1, -0.05) is 199 Å². The quantitative estimate of drug-likeness (QED) is 0.0240. The maximum Gasteiger partial charge on any atom is 0.294 e. The summed E-state index contributed by atoms with van der Waals surface area (Å²) in [6, 6.07) is 40.7. The minimum absolute atomic E-state index is 0.0850. The van der Waals surface area contributed by atoms with Gasteiger partial charge in [-0.25, -0.2) is 0 Å². The van der Waals surface area contributed by atoms with E-state index in [-0.39, 0.29) is 4.90 Å². The van der Waals surface area contributed by atoms with Crippen molar-refractivity contribution < 1.29 is 22.4 Å². The van der Waals surface area contributed by atoms with Crippen LogP contribution in [0, 0.1) is 0 Å². The van der Waals surface area contributed by atoms with Gasteiger partial charge in [-0.3, -0.25) is 4.55 Å². The molecule has 8 heteroatoms. The lowest BCUT2D eigenvalue weighted by Gasteiger charge is -2.28. The summed E-state index contributed by atoms with van der Waals surface area (Å²) in [6.07, 6.45) is 30.3. The van der Waals surface area contributed by atoms with Crippen molar-refractivity contribution in [2.24, 2.45) is 0 Å². The predicted octanol–water partition coefficient (Wildman–Crippen LogP) is 18.6. The summed E-state index contributed by atoms with van der Waals surface area (Å²) >= 11 is 0. The molecule has 1 N–H and O–H groups in total. The highest BCUT2D eigenvalue weighted by Crippen LogP contribution is 2.39. The average molecular weight is 987 g/mol. The van der Waals surface area contributed by atoms with E-state index in [2.05, 4.69) is 135 Å². The second-order valence-corrected chi connectivity index (χ2v) is 21.1. The minimum atomic E-state index is -4.51. The third-order valence-electron chi connectivity index (χ3n) is 13.9. The van der Waals surface area contributed by atoms with Gasteiger partial charge in [0, 0.05) is 41.8 Å². The Labute approximate surface area is 431 Å². The molecule has 0 heterocycles. The van der Waals surface area contributed by atoms with E-state index >= 15 is 0 Å². The van der Waals surface area contributed by atoms with E-state index in [4.69, 9.17) is 9.47 Å². The van der Waals surface area contributed by atoms with Gasteiger partial charge in [0.05, 0.1) is 18.1 Å². The van der Waals surface area contributed by atoms with E-state index in [9.17, 15) is 13.0 Å². The Balaban J connectivity index is 1.27. The van der Waals surface area contributed by atoms with E-state index in [0.29, 0.717) is 5.56 Å². The monoisotopic (exact) mass is 987 g/mol. The zero-order valence-corrected chi connectivity index (χ0v) is 45.1. The van der Waals surface area contributed by atoms with Gasteiger partial charge in [0.2, 0.25) is 0 Å². The Kier molecular flexibility index (Phi) is 26.6. The highest BCUT2D eigenvalue weighted by Gasteiger charge is 2.26. The first-order valence-electron chi connectivity index (χ1n) is 28.0. The topological polar surface area (TPSA) is 79.3 Å². The van der Waals surface area contributed by atoms with Gasteiger partial charge >= 0.3 is 0 Å². The molecule has 0 aliphatic rings. The van der Waals surface area contributed by atoms with Gasteiger partial charge in [-0.15, -0.1) is 0 Å². The van der Waals surface area contributed by atoms with Crippen LogP contribution in [-0.4, -0.2) is 39.3 Å². The molecule has 0 aliphatic heterocycles. The smallest absolute Gasteiger partial charge is 0.294 e. The summed E-state index contributed by atoms with van der Waals surface area (Å²) in [6.45, 7) is 12.2. The molecule has 5 aromatic carbocycles. The van der Waals surface area contributed by atoms with Crippen molar-refractivity contribution in [2.75, 3.05) is 36.1 Å². The number of unbranched alkanes of at least 4 members (excludes halogenated alkanes) is 20. The molecule has 7 nitrogen and oxygen atoms in total. The number of hydrogen-bond acceptors (Lipinski definition) is 6. The lowest BCUT2D eigenvalue weighted by molar-refractivity contribution is 0.304. The molecule has 5 aromatic rings. The van der Waals surface area contributed by atoms with E-state index in [0.717, 1.165) is 110 Å². The Morgan fingerprint density at radius 1 is 0.394 bits per heavy atom. The van der Waals surface area contributed by atoms with Gasteiger partial charge in [0.15, 0.2) is 0 Å². The molecule has 0 radical (unpaired) electrons. The molecule has 0 spiro atoms. The first-order chi connectivity index (χ1) is 34.8. The molecule has 5 rings (SSSR count).